The first kappa shape index (κ1) is 15.5. The molecular formula is C18H20FN3O. The molecule has 0 aliphatic carbocycles. The predicted octanol–water partition coefficient (Wildman–Crippen LogP) is 3.46. The Morgan fingerprint density at radius 1 is 1.13 bits per heavy atom. The summed E-state index contributed by atoms with van der Waals surface area (Å²) in [6.07, 6.45) is 4.90. The second kappa shape index (κ2) is 7.22. The molecule has 1 aromatic carbocycles. The molecule has 0 radical (unpaired) electrons. The molecule has 1 aromatic heterocycles. The largest absolute Gasteiger partial charge is 0.365 e. The van der Waals surface area contributed by atoms with Gasteiger partial charge in [0.2, 0.25) is 0 Å². The fourth-order valence-electron chi connectivity index (χ4n) is 2.81. The molecule has 5 heteroatoms. The van der Waals surface area contributed by atoms with Crippen molar-refractivity contribution in [3.05, 3.63) is 59.5 Å². The van der Waals surface area contributed by atoms with Crippen molar-refractivity contribution in [3.8, 4) is 0 Å². The zero-order chi connectivity index (χ0) is 16.1. The molecule has 3 rings (SSSR count). The van der Waals surface area contributed by atoms with Gasteiger partial charge in [0.1, 0.15) is 11.6 Å². The van der Waals surface area contributed by atoms with Crippen LogP contribution >= 0.6 is 0 Å². The van der Waals surface area contributed by atoms with E-state index in [1.807, 2.05) is 4.90 Å². The van der Waals surface area contributed by atoms with E-state index in [9.17, 15) is 9.18 Å². The van der Waals surface area contributed by atoms with E-state index in [1.54, 1.807) is 36.5 Å². The number of nitrogens with one attached hydrogen (secondary N) is 1. The fourth-order valence-corrected chi connectivity index (χ4v) is 2.81. The van der Waals surface area contributed by atoms with Crippen molar-refractivity contribution in [2.24, 2.45) is 0 Å². The molecule has 1 fully saturated rings. The van der Waals surface area contributed by atoms with Crippen LogP contribution in [0.15, 0.2) is 42.6 Å². The summed E-state index contributed by atoms with van der Waals surface area (Å²) in [6, 6.07) is 10.1. The van der Waals surface area contributed by atoms with Gasteiger partial charge >= 0.3 is 0 Å². The molecule has 120 valence electrons. The van der Waals surface area contributed by atoms with Crippen molar-refractivity contribution >= 4 is 11.7 Å². The van der Waals surface area contributed by atoms with Crippen LogP contribution in [0.2, 0.25) is 0 Å². The molecule has 1 N–H and O–H groups in total. The van der Waals surface area contributed by atoms with Crippen LogP contribution < -0.4 is 5.32 Å². The maximum atomic E-state index is 13.7. The molecule has 1 amide bonds. The number of likely N-dealkylation sites (tertiary alicyclic amines) is 1. The molecule has 0 unspecified atom stereocenters. The predicted molar refractivity (Wildman–Crippen MR) is 87.7 cm³/mol. The van der Waals surface area contributed by atoms with Gasteiger partial charge in [-0.05, 0) is 37.5 Å². The average Bonchev–Trinajstić information content (AvgIpc) is 2.61. The highest BCUT2D eigenvalue weighted by molar-refractivity contribution is 5.98. The van der Waals surface area contributed by atoms with E-state index in [-0.39, 0.29) is 11.7 Å². The molecule has 0 spiro atoms. The lowest BCUT2D eigenvalue weighted by Gasteiger charge is -2.27. The minimum Gasteiger partial charge on any atom is -0.365 e. The van der Waals surface area contributed by atoms with Gasteiger partial charge in [0, 0.05) is 31.4 Å². The first-order valence-electron chi connectivity index (χ1n) is 7.97. The highest BCUT2D eigenvalue weighted by Gasteiger charge is 2.21. The van der Waals surface area contributed by atoms with Crippen molar-refractivity contribution in [3.63, 3.8) is 0 Å². The summed E-state index contributed by atoms with van der Waals surface area (Å²) in [5.74, 6) is 0.236. The minimum atomic E-state index is -0.264. The zero-order valence-electron chi connectivity index (χ0n) is 13.0. The van der Waals surface area contributed by atoms with Gasteiger partial charge in [-0.25, -0.2) is 9.37 Å². The lowest BCUT2D eigenvalue weighted by molar-refractivity contribution is 0.0725. The molecule has 2 aromatic rings. The first-order chi connectivity index (χ1) is 11.3. The van der Waals surface area contributed by atoms with Gasteiger partial charge < -0.3 is 10.2 Å². The standard InChI is InChI=1S/C18H20FN3O/c19-16-9-3-2-7-14(16)13-21-17-15(8-6-10-20-17)18(23)22-11-4-1-5-12-22/h2-3,6-10H,1,4-5,11-13H2,(H,20,21). The van der Waals surface area contributed by atoms with E-state index in [2.05, 4.69) is 10.3 Å². The number of nitrogens with zero attached hydrogens (tertiary/aromatic N) is 2. The number of piperidine rings is 1. The van der Waals surface area contributed by atoms with E-state index < -0.39 is 0 Å². The zero-order valence-corrected chi connectivity index (χ0v) is 13.0. The topological polar surface area (TPSA) is 45.2 Å². The third-order valence-corrected chi connectivity index (χ3v) is 4.09. The monoisotopic (exact) mass is 313 g/mol. The van der Waals surface area contributed by atoms with Crippen LogP contribution in [-0.2, 0) is 6.54 Å². The van der Waals surface area contributed by atoms with Crippen molar-refractivity contribution in [1.82, 2.24) is 9.88 Å². The Kier molecular flexibility index (Phi) is 4.86. The average molecular weight is 313 g/mol. The number of hydrogen-bond acceptors (Lipinski definition) is 3. The number of anilines is 1. The number of hydrogen-bond donors (Lipinski definition) is 1. The highest BCUT2D eigenvalue weighted by Crippen LogP contribution is 2.19. The molecule has 23 heavy (non-hydrogen) atoms. The van der Waals surface area contributed by atoms with Crippen LogP contribution in [0.4, 0.5) is 10.2 Å². The number of carbonyl (C=O) groups is 1. The Morgan fingerprint density at radius 3 is 2.70 bits per heavy atom. The number of amides is 1. The SMILES string of the molecule is O=C(c1cccnc1NCc1ccccc1F)N1CCCCC1. The number of pyridine rings is 1. The van der Waals surface area contributed by atoms with Crippen LogP contribution in [0, 0.1) is 5.82 Å². The Labute approximate surface area is 135 Å². The van der Waals surface area contributed by atoms with Gasteiger partial charge in [0.05, 0.1) is 5.56 Å². The van der Waals surface area contributed by atoms with E-state index >= 15 is 0 Å². The summed E-state index contributed by atoms with van der Waals surface area (Å²) in [6.45, 7) is 1.88. The molecule has 0 saturated carbocycles. The Balaban J connectivity index is 1.75. The highest BCUT2D eigenvalue weighted by atomic mass is 19.1. The van der Waals surface area contributed by atoms with Gasteiger partial charge in [-0.1, -0.05) is 18.2 Å². The maximum Gasteiger partial charge on any atom is 0.257 e. The number of benzene rings is 1. The van der Waals surface area contributed by atoms with Crippen molar-refractivity contribution in [2.75, 3.05) is 18.4 Å². The van der Waals surface area contributed by atoms with E-state index in [1.165, 1.54) is 12.5 Å². The first-order valence-corrected chi connectivity index (χ1v) is 7.97. The number of carbonyl (C=O) groups excluding carboxylic acids is 1. The second-order valence-corrected chi connectivity index (χ2v) is 5.70. The summed E-state index contributed by atoms with van der Waals surface area (Å²) in [4.78, 5) is 18.8. The van der Waals surface area contributed by atoms with E-state index in [4.69, 9.17) is 0 Å². The van der Waals surface area contributed by atoms with Gasteiger partial charge in [-0.3, -0.25) is 4.79 Å². The minimum absolute atomic E-state index is 0.00571. The van der Waals surface area contributed by atoms with Crippen molar-refractivity contribution in [2.45, 2.75) is 25.8 Å². The maximum absolute atomic E-state index is 13.7. The van der Waals surface area contributed by atoms with Gasteiger partial charge in [0.15, 0.2) is 0 Å². The van der Waals surface area contributed by atoms with Crippen molar-refractivity contribution < 1.29 is 9.18 Å². The fraction of sp³-hybridized carbons (Fsp3) is 0.333. The molecule has 4 nitrogen and oxygen atoms in total. The molecule has 2 heterocycles. The van der Waals surface area contributed by atoms with Gasteiger partial charge in [-0.2, -0.15) is 0 Å². The van der Waals surface area contributed by atoms with E-state index in [0.717, 1.165) is 25.9 Å². The number of halogens is 1. The molecule has 1 aliphatic rings. The summed E-state index contributed by atoms with van der Waals surface area (Å²) in [5.41, 5.74) is 1.10. The molecule has 0 bridgehead atoms. The Morgan fingerprint density at radius 2 is 1.91 bits per heavy atom. The normalized spacial score (nSPS) is 14.6. The molecule has 1 saturated heterocycles. The van der Waals surface area contributed by atoms with Crippen LogP contribution in [0.3, 0.4) is 0 Å². The summed E-state index contributed by atoms with van der Waals surface area (Å²) in [5, 5.41) is 3.09. The summed E-state index contributed by atoms with van der Waals surface area (Å²) >= 11 is 0. The van der Waals surface area contributed by atoms with Crippen LogP contribution in [0.5, 0.6) is 0 Å². The Bertz CT molecular complexity index is 683. The van der Waals surface area contributed by atoms with Gasteiger partial charge in [-0.15, -0.1) is 0 Å². The Hall–Kier alpha value is -2.43. The number of aromatic nitrogens is 1. The number of rotatable bonds is 4. The van der Waals surface area contributed by atoms with E-state index in [0.29, 0.717) is 23.5 Å². The summed E-state index contributed by atoms with van der Waals surface area (Å²) in [7, 11) is 0. The lowest BCUT2D eigenvalue weighted by atomic mass is 10.1. The van der Waals surface area contributed by atoms with Crippen molar-refractivity contribution in [1.29, 1.82) is 0 Å². The van der Waals surface area contributed by atoms with Crippen LogP contribution in [0.1, 0.15) is 35.2 Å². The van der Waals surface area contributed by atoms with Gasteiger partial charge in [0.25, 0.3) is 5.91 Å². The lowest BCUT2D eigenvalue weighted by Crippen LogP contribution is -2.36. The summed E-state index contributed by atoms with van der Waals surface area (Å²) < 4.78 is 13.7. The molecule has 0 atom stereocenters. The second-order valence-electron chi connectivity index (χ2n) is 5.70. The molecular weight excluding hydrogens is 293 g/mol. The smallest absolute Gasteiger partial charge is 0.257 e. The van der Waals surface area contributed by atoms with Crippen LogP contribution in [-0.4, -0.2) is 28.9 Å². The third kappa shape index (κ3) is 3.67. The quantitative estimate of drug-likeness (QED) is 0.940. The third-order valence-electron chi connectivity index (χ3n) is 4.09. The van der Waals surface area contributed by atoms with Crippen LogP contribution in [0.25, 0.3) is 0 Å². The molecule has 1 aliphatic heterocycles.